The van der Waals surface area contributed by atoms with E-state index < -0.39 is 0 Å². The molecule has 1 aromatic rings. The summed E-state index contributed by atoms with van der Waals surface area (Å²) in [4.78, 5) is 6.65. The third kappa shape index (κ3) is 1.82. The molecule has 0 aliphatic heterocycles. The van der Waals surface area contributed by atoms with Crippen molar-refractivity contribution in [1.29, 1.82) is 0 Å². The third-order valence-electron chi connectivity index (χ3n) is 0.800. The Balaban J connectivity index is 2.67. The predicted octanol–water partition coefficient (Wildman–Crippen LogP) is 0.691. The zero-order valence-corrected chi connectivity index (χ0v) is 5.65. The predicted molar refractivity (Wildman–Crippen MR) is 39.3 cm³/mol. The molecule has 0 atom stereocenters. The van der Waals surface area contributed by atoms with Gasteiger partial charge in [0.2, 0.25) is 0 Å². The Kier molecular flexibility index (Phi) is 2.22. The fourth-order valence-electron chi connectivity index (χ4n) is 0.459. The second-order valence-corrected chi connectivity index (χ2v) is 1.74. The zero-order chi connectivity index (χ0) is 6.53. The molecule has 1 heterocycles. The standard InChI is InChI=1S/C6H6N2S/c9-3-1-2-6-4-7-5-8-6/h4-5,9H,3H2,(H,7,8). The summed E-state index contributed by atoms with van der Waals surface area (Å²) in [5.74, 6) is 6.21. The normalized spacial score (nSPS) is 8.11. The first-order chi connectivity index (χ1) is 4.43. The molecule has 3 heteroatoms. The van der Waals surface area contributed by atoms with E-state index in [0.29, 0.717) is 5.75 Å². The van der Waals surface area contributed by atoms with Gasteiger partial charge in [0, 0.05) is 0 Å². The van der Waals surface area contributed by atoms with Crippen LogP contribution in [-0.4, -0.2) is 15.7 Å². The molecule has 0 saturated heterocycles. The summed E-state index contributed by atoms with van der Waals surface area (Å²) in [5.41, 5.74) is 0.837. The Bertz CT molecular complexity index is 217. The van der Waals surface area contributed by atoms with E-state index in [2.05, 4.69) is 34.4 Å². The van der Waals surface area contributed by atoms with E-state index in [9.17, 15) is 0 Å². The van der Waals surface area contributed by atoms with Gasteiger partial charge in [-0.25, -0.2) is 4.98 Å². The van der Waals surface area contributed by atoms with Crippen LogP contribution in [0.2, 0.25) is 0 Å². The maximum absolute atomic E-state index is 3.92. The lowest BCUT2D eigenvalue weighted by Crippen LogP contribution is -1.69. The maximum Gasteiger partial charge on any atom is 0.109 e. The highest BCUT2D eigenvalue weighted by atomic mass is 32.1. The van der Waals surface area contributed by atoms with Crippen LogP contribution < -0.4 is 0 Å². The Morgan fingerprint density at radius 3 is 3.22 bits per heavy atom. The second-order valence-electron chi connectivity index (χ2n) is 1.43. The fourth-order valence-corrected chi connectivity index (χ4v) is 0.538. The first kappa shape index (κ1) is 6.24. The highest BCUT2D eigenvalue weighted by Gasteiger charge is 1.80. The number of nitrogens with zero attached hydrogens (tertiary/aromatic N) is 1. The van der Waals surface area contributed by atoms with Gasteiger partial charge >= 0.3 is 0 Å². The van der Waals surface area contributed by atoms with Crippen LogP contribution >= 0.6 is 12.6 Å². The number of rotatable bonds is 0. The van der Waals surface area contributed by atoms with Gasteiger partial charge in [-0.05, 0) is 5.92 Å². The summed E-state index contributed by atoms with van der Waals surface area (Å²) in [5, 5.41) is 0. The van der Waals surface area contributed by atoms with Crippen LogP contribution in [0.5, 0.6) is 0 Å². The van der Waals surface area contributed by atoms with Crippen molar-refractivity contribution in [1.82, 2.24) is 9.97 Å². The van der Waals surface area contributed by atoms with Crippen molar-refractivity contribution >= 4 is 12.6 Å². The molecule has 0 saturated carbocycles. The molecular weight excluding hydrogens is 132 g/mol. The molecule has 9 heavy (non-hydrogen) atoms. The molecule has 0 spiro atoms. The Morgan fingerprint density at radius 2 is 2.67 bits per heavy atom. The SMILES string of the molecule is SCC#Cc1cnc[nH]1. The van der Waals surface area contributed by atoms with Gasteiger partial charge in [0.1, 0.15) is 5.69 Å². The van der Waals surface area contributed by atoms with Crippen molar-refractivity contribution in [2.45, 2.75) is 0 Å². The first-order valence-corrected chi connectivity index (χ1v) is 3.15. The molecule has 1 N–H and O–H groups in total. The number of aromatic nitrogens is 2. The van der Waals surface area contributed by atoms with Gasteiger partial charge in [0.25, 0.3) is 0 Å². The summed E-state index contributed by atoms with van der Waals surface area (Å²) in [6.07, 6.45) is 3.28. The minimum Gasteiger partial charge on any atom is -0.338 e. The van der Waals surface area contributed by atoms with Crippen LogP contribution in [0.4, 0.5) is 0 Å². The molecule has 0 aromatic carbocycles. The van der Waals surface area contributed by atoms with Gasteiger partial charge in [0.15, 0.2) is 0 Å². The van der Waals surface area contributed by atoms with Gasteiger partial charge in [-0.3, -0.25) is 0 Å². The van der Waals surface area contributed by atoms with Crippen molar-refractivity contribution in [3.63, 3.8) is 0 Å². The largest absolute Gasteiger partial charge is 0.338 e. The quantitative estimate of drug-likeness (QED) is 0.401. The highest BCUT2D eigenvalue weighted by Crippen LogP contribution is 1.84. The van der Waals surface area contributed by atoms with Crippen LogP contribution in [0, 0.1) is 11.8 Å². The number of aromatic amines is 1. The topological polar surface area (TPSA) is 28.7 Å². The Hall–Kier alpha value is -0.880. The average Bonchev–Trinajstić information content (AvgIpc) is 2.34. The summed E-state index contributed by atoms with van der Waals surface area (Å²) in [6.45, 7) is 0. The van der Waals surface area contributed by atoms with Crippen molar-refractivity contribution in [2.24, 2.45) is 0 Å². The van der Waals surface area contributed by atoms with E-state index in [1.54, 1.807) is 12.5 Å². The van der Waals surface area contributed by atoms with Crippen LogP contribution in [0.25, 0.3) is 0 Å². The lowest BCUT2D eigenvalue weighted by molar-refractivity contribution is 1.30. The molecule has 0 radical (unpaired) electrons. The monoisotopic (exact) mass is 138 g/mol. The minimum absolute atomic E-state index is 0.582. The molecular formula is C6H6N2S. The first-order valence-electron chi connectivity index (χ1n) is 2.51. The lowest BCUT2D eigenvalue weighted by Gasteiger charge is -1.73. The summed E-state index contributed by atoms with van der Waals surface area (Å²) >= 11 is 3.92. The maximum atomic E-state index is 3.92. The molecule has 2 nitrogen and oxygen atoms in total. The van der Waals surface area contributed by atoms with Crippen molar-refractivity contribution in [3.8, 4) is 11.8 Å². The molecule has 46 valence electrons. The third-order valence-corrected chi connectivity index (χ3v) is 0.958. The fraction of sp³-hybridized carbons (Fsp3) is 0.167. The van der Waals surface area contributed by atoms with E-state index in [4.69, 9.17) is 0 Å². The number of hydrogen-bond donors (Lipinski definition) is 2. The average molecular weight is 138 g/mol. The molecule has 0 fully saturated rings. The van der Waals surface area contributed by atoms with Gasteiger partial charge in [0.05, 0.1) is 18.3 Å². The molecule has 0 aliphatic rings. The molecule has 0 amide bonds. The number of thiol groups is 1. The van der Waals surface area contributed by atoms with Crippen LogP contribution in [0.1, 0.15) is 5.69 Å². The lowest BCUT2D eigenvalue weighted by atomic mass is 10.5. The second kappa shape index (κ2) is 3.21. The molecule has 1 rings (SSSR count). The number of hydrogen-bond acceptors (Lipinski definition) is 2. The van der Waals surface area contributed by atoms with Gasteiger partial charge in [-0.15, -0.1) is 0 Å². The van der Waals surface area contributed by atoms with Crippen molar-refractivity contribution in [2.75, 3.05) is 5.75 Å². The smallest absolute Gasteiger partial charge is 0.109 e. The van der Waals surface area contributed by atoms with Crippen LogP contribution in [-0.2, 0) is 0 Å². The van der Waals surface area contributed by atoms with E-state index in [0.717, 1.165) is 5.69 Å². The van der Waals surface area contributed by atoms with E-state index in [1.165, 1.54) is 0 Å². The van der Waals surface area contributed by atoms with Crippen LogP contribution in [0.3, 0.4) is 0 Å². The van der Waals surface area contributed by atoms with Gasteiger partial charge < -0.3 is 4.98 Å². The Morgan fingerprint density at radius 1 is 1.78 bits per heavy atom. The minimum atomic E-state index is 0.582. The summed E-state index contributed by atoms with van der Waals surface area (Å²) < 4.78 is 0. The summed E-state index contributed by atoms with van der Waals surface area (Å²) in [7, 11) is 0. The number of imidazole rings is 1. The van der Waals surface area contributed by atoms with Crippen LogP contribution in [0.15, 0.2) is 12.5 Å². The number of H-pyrrole nitrogens is 1. The van der Waals surface area contributed by atoms with E-state index >= 15 is 0 Å². The molecule has 0 aliphatic carbocycles. The van der Waals surface area contributed by atoms with Crippen molar-refractivity contribution in [3.05, 3.63) is 18.2 Å². The Labute approximate surface area is 59.1 Å². The summed E-state index contributed by atoms with van der Waals surface area (Å²) in [6, 6.07) is 0. The van der Waals surface area contributed by atoms with E-state index in [1.807, 2.05) is 0 Å². The van der Waals surface area contributed by atoms with Gasteiger partial charge in [-0.2, -0.15) is 12.6 Å². The van der Waals surface area contributed by atoms with E-state index in [-0.39, 0.29) is 0 Å². The molecule has 0 unspecified atom stereocenters. The highest BCUT2D eigenvalue weighted by molar-refractivity contribution is 7.80. The zero-order valence-electron chi connectivity index (χ0n) is 4.76. The van der Waals surface area contributed by atoms with Crippen molar-refractivity contribution < 1.29 is 0 Å². The number of nitrogens with one attached hydrogen (secondary N) is 1. The molecule has 0 bridgehead atoms. The molecule has 1 aromatic heterocycles. The van der Waals surface area contributed by atoms with Gasteiger partial charge in [-0.1, -0.05) is 5.92 Å².